The van der Waals surface area contributed by atoms with E-state index in [-0.39, 0.29) is 22.2 Å². The number of hydrogen-bond donors (Lipinski definition) is 1. The Morgan fingerprint density at radius 2 is 1.80 bits per heavy atom. The van der Waals surface area contributed by atoms with Gasteiger partial charge in [0.2, 0.25) is 0 Å². The Morgan fingerprint density at radius 3 is 2.43 bits per heavy atom. The highest BCUT2D eigenvalue weighted by molar-refractivity contribution is 7.92. The van der Waals surface area contributed by atoms with Gasteiger partial charge in [0.25, 0.3) is 21.6 Å². The molecule has 1 N–H and O–H groups in total. The molecule has 1 aliphatic rings. The third kappa shape index (κ3) is 6.29. The largest absolute Gasteiger partial charge is 0.449 e. The molecule has 0 spiro atoms. The highest BCUT2D eigenvalue weighted by atomic mass is 35.5. The predicted molar refractivity (Wildman–Crippen MR) is 130 cm³/mol. The number of benzene rings is 2. The lowest BCUT2D eigenvalue weighted by molar-refractivity contribution is -0.384. The van der Waals surface area contributed by atoms with Crippen molar-refractivity contribution in [2.75, 3.05) is 17.8 Å². The smallest absolute Gasteiger partial charge is 0.341 e. The Morgan fingerprint density at radius 1 is 1.17 bits per heavy atom. The van der Waals surface area contributed by atoms with Crippen LogP contribution in [0, 0.1) is 22.0 Å². The van der Waals surface area contributed by atoms with Crippen LogP contribution in [0.2, 0.25) is 5.02 Å². The predicted octanol–water partition coefficient (Wildman–Crippen LogP) is 4.10. The van der Waals surface area contributed by atoms with Crippen LogP contribution in [-0.4, -0.2) is 49.3 Å². The van der Waals surface area contributed by atoms with Gasteiger partial charge in [0, 0.05) is 19.2 Å². The number of amides is 1. The van der Waals surface area contributed by atoms with Crippen molar-refractivity contribution in [3.63, 3.8) is 0 Å². The summed E-state index contributed by atoms with van der Waals surface area (Å²) < 4.78 is 33.4. The topological polar surface area (TPSA) is 136 Å². The molecule has 1 heterocycles. The van der Waals surface area contributed by atoms with Crippen molar-refractivity contribution in [2.24, 2.45) is 11.8 Å². The Hall–Kier alpha value is -3.18. The molecule has 1 amide bonds. The first-order valence-corrected chi connectivity index (χ1v) is 12.8. The summed E-state index contributed by atoms with van der Waals surface area (Å²) >= 11 is 5.77. The van der Waals surface area contributed by atoms with Gasteiger partial charge in [-0.2, -0.15) is 0 Å². The molecular formula is C23H26ClN3O7S. The van der Waals surface area contributed by atoms with E-state index < -0.39 is 37.6 Å². The van der Waals surface area contributed by atoms with Crippen molar-refractivity contribution in [1.82, 2.24) is 4.90 Å². The first-order valence-electron chi connectivity index (χ1n) is 10.9. The fraction of sp³-hybridized carbons (Fsp3) is 0.391. The summed E-state index contributed by atoms with van der Waals surface area (Å²) in [6, 6.07) is 8.76. The number of halogens is 1. The second-order valence-corrected chi connectivity index (χ2v) is 10.8. The van der Waals surface area contributed by atoms with Gasteiger partial charge in [0.1, 0.15) is 5.02 Å². The summed E-state index contributed by atoms with van der Waals surface area (Å²) in [6.45, 7) is 6.75. The molecule has 3 rings (SSSR count). The molecule has 1 fully saturated rings. The van der Waals surface area contributed by atoms with Gasteiger partial charge in [-0.1, -0.05) is 37.6 Å². The summed E-state index contributed by atoms with van der Waals surface area (Å²) in [5.41, 5.74) is -0.787. The van der Waals surface area contributed by atoms with E-state index >= 15 is 0 Å². The lowest BCUT2D eigenvalue weighted by atomic mass is 9.91. The minimum atomic E-state index is -4.31. The number of sulfonamides is 1. The van der Waals surface area contributed by atoms with Gasteiger partial charge >= 0.3 is 5.97 Å². The molecule has 0 radical (unpaired) electrons. The summed E-state index contributed by atoms with van der Waals surface area (Å²) in [6.07, 6.45) is -0.0500. The summed E-state index contributed by atoms with van der Waals surface area (Å²) in [4.78, 5) is 37.3. The number of carbonyl (C=O) groups is 2. The number of nitrogens with one attached hydrogen (secondary N) is 1. The molecule has 188 valence electrons. The monoisotopic (exact) mass is 523 g/mol. The first-order chi connectivity index (χ1) is 16.4. The molecule has 0 unspecified atom stereocenters. The van der Waals surface area contributed by atoms with Gasteiger partial charge in [0.15, 0.2) is 6.10 Å². The third-order valence-corrected chi connectivity index (χ3v) is 7.31. The van der Waals surface area contributed by atoms with Gasteiger partial charge in [-0.05, 0) is 49.4 Å². The Balaban J connectivity index is 1.78. The van der Waals surface area contributed by atoms with E-state index in [2.05, 4.69) is 18.6 Å². The fourth-order valence-corrected chi connectivity index (χ4v) is 5.41. The Labute approximate surface area is 208 Å². The van der Waals surface area contributed by atoms with E-state index in [1.807, 2.05) is 0 Å². The number of piperidine rings is 1. The maximum atomic E-state index is 12.9. The van der Waals surface area contributed by atoms with Crippen LogP contribution < -0.4 is 4.72 Å². The maximum Gasteiger partial charge on any atom is 0.341 e. The second-order valence-electron chi connectivity index (χ2n) is 8.76. The molecule has 1 aliphatic heterocycles. The number of nitro benzene ring substituents is 1. The molecule has 0 bridgehead atoms. The van der Waals surface area contributed by atoms with Crippen LogP contribution in [0.4, 0.5) is 11.4 Å². The fourth-order valence-electron chi connectivity index (χ4n) is 4.13. The van der Waals surface area contributed by atoms with E-state index in [0.29, 0.717) is 24.9 Å². The van der Waals surface area contributed by atoms with E-state index in [1.165, 1.54) is 31.2 Å². The molecule has 35 heavy (non-hydrogen) atoms. The molecular weight excluding hydrogens is 498 g/mol. The number of hydrogen-bond acceptors (Lipinski definition) is 7. The van der Waals surface area contributed by atoms with E-state index in [9.17, 15) is 28.1 Å². The molecule has 3 atom stereocenters. The van der Waals surface area contributed by atoms with Gasteiger partial charge in [-0.25, -0.2) is 13.2 Å². The summed E-state index contributed by atoms with van der Waals surface area (Å²) in [5, 5.41) is 10.9. The van der Waals surface area contributed by atoms with E-state index in [0.717, 1.165) is 24.6 Å². The Bertz CT molecular complexity index is 1240. The maximum absolute atomic E-state index is 12.9. The summed E-state index contributed by atoms with van der Waals surface area (Å²) in [5.74, 6) is -0.526. The molecule has 0 aliphatic carbocycles. The average Bonchev–Trinajstić information content (AvgIpc) is 2.77. The first kappa shape index (κ1) is 26.4. The number of para-hydroxylation sites is 1. The standard InChI is InChI=1S/C23H26ClN3O7S/c1-14-10-15(2)13-26(12-14)22(28)16(3)34-23(29)18-6-4-5-7-20(18)25-35(32,33)17-8-9-19(24)21(11-17)27(30)31/h4-9,11,14-16,25H,10,12-13H2,1-3H3/t14-,15-,16-/m1/s1. The van der Waals surface area contributed by atoms with Crippen LogP contribution in [0.3, 0.4) is 0 Å². The van der Waals surface area contributed by atoms with Crippen LogP contribution in [0.25, 0.3) is 0 Å². The van der Waals surface area contributed by atoms with Crippen LogP contribution in [-0.2, 0) is 19.6 Å². The molecule has 2 aromatic rings. The van der Waals surface area contributed by atoms with E-state index in [4.69, 9.17) is 16.3 Å². The van der Waals surface area contributed by atoms with Crippen molar-refractivity contribution in [3.05, 3.63) is 63.2 Å². The highest BCUT2D eigenvalue weighted by Gasteiger charge is 2.31. The van der Waals surface area contributed by atoms with Crippen molar-refractivity contribution < 1.29 is 27.7 Å². The van der Waals surface area contributed by atoms with Crippen LogP contribution in [0.15, 0.2) is 47.4 Å². The molecule has 12 heteroatoms. The molecule has 0 aromatic heterocycles. The lowest BCUT2D eigenvalue weighted by Gasteiger charge is -2.36. The zero-order valence-electron chi connectivity index (χ0n) is 19.4. The van der Waals surface area contributed by atoms with E-state index in [1.54, 1.807) is 4.90 Å². The number of likely N-dealkylation sites (tertiary alicyclic amines) is 1. The van der Waals surface area contributed by atoms with Gasteiger partial charge in [0.05, 0.1) is 21.1 Å². The average molecular weight is 524 g/mol. The SMILES string of the molecule is C[C@@H]1C[C@@H](C)CN(C(=O)[C@@H](C)OC(=O)c2ccccc2NS(=O)(=O)c2ccc(Cl)c([N+](=O)[O-])c2)C1. The van der Waals surface area contributed by atoms with Gasteiger partial charge < -0.3 is 9.64 Å². The number of esters is 1. The number of rotatable bonds is 7. The van der Waals surface area contributed by atoms with Gasteiger partial charge in [-0.15, -0.1) is 0 Å². The molecule has 1 saturated heterocycles. The molecule has 10 nitrogen and oxygen atoms in total. The molecule has 2 aromatic carbocycles. The van der Waals surface area contributed by atoms with Crippen molar-refractivity contribution >= 4 is 44.9 Å². The third-order valence-electron chi connectivity index (χ3n) is 5.63. The van der Waals surface area contributed by atoms with Crippen molar-refractivity contribution in [2.45, 2.75) is 38.2 Å². The Kier molecular flexibility index (Phi) is 8.01. The van der Waals surface area contributed by atoms with Crippen molar-refractivity contribution in [1.29, 1.82) is 0 Å². The number of nitrogens with zero attached hydrogens (tertiary/aromatic N) is 2. The number of nitro groups is 1. The summed E-state index contributed by atoms with van der Waals surface area (Å²) in [7, 11) is -4.31. The number of ether oxygens (including phenoxy) is 1. The number of carbonyl (C=O) groups excluding carboxylic acids is 2. The lowest BCUT2D eigenvalue weighted by Crippen LogP contribution is -2.47. The number of anilines is 1. The zero-order valence-corrected chi connectivity index (χ0v) is 21.0. The van der Waals surface area contributed by atoms with Crippen LogP contribution >= 0.6 is 11.6 Å². The van der Waals surface area contributed by atoms with Gasteiger partial charge in [-0.3, -0.25) is 19.6 Å². The zero-order chi connectivity index (χ0) is 25.9. The second kappa shape index (κ2) is 10.6. The normalized spacial score (nSPS) is 19.0. The van der Waals surface area contributed by atoms with Crippen LogP contribution in [0.1, 0.15) is 37.6 Å². The van der Waals surface area contributed by atoms with Crippen molar-refractivity contribution in [3.8, 4) is 0 Å². The quantitative estimate of drug-likeness (QED) is 0.328. The minimum absolute atomic E-state index is 0.102. The van der Waals surface area contributed by atoms with Crippen LogP contribution in [0.5, 0.6) is 0 Å². The highest BCUT2D eigenvalue weighted by Crippen LogP contribution is 2.29. The minimum Gasteiger partial charge on any atom is -0.449 e. The molecule has 0 saturated carbocycles.